The van der Waals surface area contributed by atoms with E-state index in [1.807, 2.05) is 6.07 Å². The zero-order chi connectivity index (χ0) is 4.83. The van der Waals surface area contributed by atoms with Crippen LogP contribution in [0.4, 0.5) is 0 Å². The minimum Gasteiger partial charge on any atom is -0.198 e. The summed E-state index contributed by atoms with van der Waals surface area (Å²) < 4.78 is 0. The molecule has 0 fully saturated rings. The molecule has 0 N–H and O–H groups in total. The molecule has 0 aromatic heterocycles. The third-order valence-electron chi connectivity index (χ3n) is 0.353. The predicted octanol–water partition coefficient (Wildman–Crippen LogP) is 0.863. The highest BCUT2D eigenvalue weighted by Crippen LogP contribution is 1.71. The highest BCUT2D eigenvalue weighted by atomic mass is 14.6. The zero-order valence-electron chi connectivity index (χ0n) is 3.39. The first-order valence-electron chi connectivity index (χ1n) is 1.65. The van der Waals surface area contributed by atoms with Crippen molar-refractivity contribution in [2.75, 3.05) is 6.54 Å². The van der Waals surface area contributed by atoms with E-state index < -0.39 is 0 Å². The Hall–Kier alpha value is -1.02. The Bertz CT molecular complexity index is 79.1. The summed E-state index contributed by atoms with van der Waals surface area (Å²) in [5.74, 6) is 0. The van der Waals surface area contributed by atoms with Gasteiger partial charge in [-0.25, -0.2) is 0 Å². The molecule has 0 saturated heterocycles. The fourth-order valence-electron chi connectivity index (χ4n) is 0.115. The average molecular weight is 81.1 g/mol. The van der Waals surface area contributed by atoms with Gasteiger partial charge in [-0.1, -0.05) is 4.85 Å². The van der Waals surface area contributed by atoms with E-state index in [1.54, 1.807) is 0 Å². The van der Waals surface area contributed by atoms with E-state index in [1.165, 1.54) is 0 Å². The van der Waals surface area contributed by atoms with Gasteiger partial charge in [0.05, 0.1) is 6.07 Å². The third kappa shape index (κ3) is 2.98. The monoisotopic (exact) mass is 81.0 g/mol. The van der Waals surface area contributed by atoms with Crippen LogP contribution in [-0.2, 0) is 0 Å². The normalized spacial score (nSPS) is 5.67. The van der Waals surface area contributed by atoms with E-state index in [0.29, 0.717) is 13.0 Å². The summed E-state index contributed by atoms with van der Waals surface area (Å²) in [5, 5.41) is 7.83. The molecule has 0 heterocycles. The first kappa shape index (κ1) is 4.98. The molecule has 0 aromatic rings. The van der Waals surface area contributed by atoms with E-state index in [4.69, 9.17) is 5.26 Å². The molecule has 0 rings (SSSR count). The molecule has 0 bridgehead atoms. The Balaban J connectivity index is 2.78. The molecule has 30 valence electrons. The molecular weight excluding hydrogens is 76.1 g/mol. The molecule has 0 aliphatic rings. The number of nitriles is 1. The van der Waals surface area contributed by atoms with Gasteiger partial charge in [0, 0.05) is 0 Å². The van der Waals surface area contributed by atoms with E-state index in [0.717, 1.165) is 0 Å². The Labute approximate surface area is 36.8 Å². The van der Waals surface area contributed by atoms with Crippen molar-refractivity contribution in [3.8, 4) is 12.6 Å². The Kier molecular flexibility index (Phi) is 3.30. The maximum absolute atomic E-state index is 7.83. The number of hydrogen-bond acceptors (Lipinski definition) is 1. The van der Waals surface area contributed by atoms with Crippen LogP contribution in [0.1, 0.15) is 6.42 Å². The summed E-state index contributed by atoms with van der Waals surface area (Å²) in [5.41, 5.74) is 0. The molecular formula is C4H5N2+. The molecule has 0 aliphatic carbocycles. The van der Waals surface area contributed by atoms with Gasteiger partial charge < -0.3 is 0 Å². The van der Waals surface area contributed by atoms with Gasteiger partial charge in [-0.3, -0.25) is 0 Å². The minimum atomic E-state index is 0.427. The lowest BCUT2D eigenvalue weighted by Crippen LogP contribution is -1.66. The SMILES string of the molecule is C#[N+]CCC#N. The van der Waals surface area contributed by atoms with Crippen molar-refractivity contribution in [1.29, 1.82) is 5.26 Å². The predicted molar refractivity (Wildman–Crippen MR) is 23.4 cm³/mol. The second kappa shape index (κ2) is 3.98. The molecule has 0 aliphatic heterocycles. The molecule has 0 amide bonds. The van der Waals surface area contributed by atoms with Crippen LogP contribution >= 0.6 is 0 Å². The Morgan fingerprint density at radius 1 is 1.83 bits per heavy atom. The average Bonchev–Trinajstić information content (AvgIpc) is 1.61. The van der Waals surface area contributed by atoms with Gasteiger partial charge in [0.15, 0.2) is 0 Å². The van der Waals surface area contributed by atoms with E-state index >= 15 is 0 Å². The van der Waals surface area contributed by atoms with Gasteiger partial charge in [-0.15, -0.1) is 0 Å². The lowest BCUT2D eigenvalue weighted by molar-refractivity contribution is 1.15. The molecule has 0 saturated carbocycles. The van der Waals surface area contributed by atoms with Gasteiger partial charge in [0.25, 0.3) is 13.1 Å². The largest absolute Gasteiger partial charge is 0.276 e. The third-order valence-corrected chi connectivity index (χ3v) is 0.353. The summed E-state index contributed by atoms with van der Waals surface area (Å²) in [7, 11) is 0. The van der Waals surface area contributed by atoms with Crippen LogP contribution in [0.2, 0.25) is 0 Å². The highest BCUT2D eigenvalue weighted by molar-refractivity contribution is 4.77. The molecule has 6 heavy (non-hydrogen) atoms. The molecule has 0 aromatic carbocycles. The first-order chi connectivity index (χ1) is 2.91. The summed E-state index contributed by atoms with van der Waals surface area (Å²) in [6, 6.07) is 1.89. The second-order valence-corrected chi connectivity index (χ2v) is 0.814. The standard InChI is InChI=1S/C4H5N2/c1-6-4-2-3-5/h1H,2,4H2/q+1. The molecule has 0 unspecified atom stereocenters. The van der Waals surface area contributed by atoms with Crippen molar-refractivity contribution in [1.82, 2.24) is 0 Å². The molecule has 0 spiro atoms. The van der Waals surface area contributed by atoms with Crippen LogP contribution in [0.3, 0.4) is 0 Å². The van der Waals surface area contributed by atoms with Gasteiger partial charge in [-0.2, -0.15) is 5.26 Å². The fraction of sp³-hybridized carbons (Fsp3) is 0.500. The quantitative estimate of drug-likeness (QED) is 0.430. The molecule has 0 atom stereocenters. The van der Waals surface area contributed by atoms with Gasteiger partial charge in [-0.05, 0) is 0 Å². The maximum Gasteiger partial charge on any atom is 0.276 e. The fourth-order valence-corrected chi connectivity index (χ4v) is 0.115. The maximum atomic E-state index is 7.83. The van der Waals surface area contributed by atoms with Crippen LogP contribution in [0.25, 0.3) is 4.85 Å². The van der Waals surface area contributed by atoms with Crippen molar-refractivity contribution < 1.29 is 0 Å². The van der Waals surface area contributed by atoms with E-state index in [-0.39, 0.29) is 0 Å². The van der Waals surface area contributed by atoms with Gasteiger partial charge in [0.2, 0.25) is 0 Å². The van der Waals surface area contributed by atoms with Crippen molar-refractivity contribution in [2.24, 2.45) is 0 Å². The number of nitrogens with zero attached hydrogens (tertiary/aromatic N) is 2. The van der Waals surface area contributed by atoms with Crippen molar-refractivity contribution in [3.63, 3.8) is 0 Å². The molecule has 0 radical (unpaired) electrons. The summed E-state index contributed by atoms with van der Waals surface area (Å²) in [4.78, 5) is 3.20. The summed E-state index contributed by atoms with van der Waals surface area (Å²) >= 11 is 0. The number of hydrogen-bond donors (Lipinski definition) is 0. The van der Waals surface area contributed by atoms with E-state index in [2.05, 4.69) is 11.4 Å². The van der Waals surface area contributed by atoms with Gasteiger partial charge >= 0.3 is 0 Å². The molecule has 2 heteroatoms. The summed E-state index contributed by atoms with van der Waals surface area (Å²) in [6.07, 6.45) is 0.427. The van der Waals surface area contributed by atoms with Crippen molar-refractivity contribution in [2.45, 2.75) is 6.42 Å². The lowest BCUT2D eigenvalue weighted by Gasteiger charge is -1.56. The Morgan fingerprint density at radius 2 is 2.50 bits per heavy atom. The second-order valence-electron chi connectivity index (χ2n) is 0.814. The number of rotatable bonds is 1. The minimum absolute atomic E-state index is 0.427. The van der Waals surface area contributed by atoms with Crippen LogP contribution in [0, 0.1) is 17.9 Å². The first-order valence-corrected chi connectivity index (χ1v) is 1.65. The van der Waals surface area contributed by atoms with Crippen molar-refractivity contribution >= 4 is 0 Å². The van der Waals surface area contributed by atoms with Crippen molar-refractivity contribution in [3.05, 3.63) is 4.85 Å². The van der Waals surface area contributed by atoms with Crippen LogP contribution in [-0.4, -0.2) is 6.54 Å². The van der Waals surface area contributed by atoms with Gasteiger partial charge in [0.1, 0.15) is 6.42 Å². The van der Waals surface area contributed by atoms with Crippen LogP contribution in [0.5, 0.6) is 0 Å². The smallest absolute Gasteiger partial charge is 0.198 e. The van der Waals surface area contributed by atoms with Crippen LogP contribution in [0.15, 0.2) is 0 Å². The van der Waals surface area contributed by atoms with E-state index in [9.17, 15) is 0 Å². The zero-order valence-corrected chi connectivity index (χ0v) is 3.39. The Morgan fingerprint density at radius 3 is 2.67 bits per heavy atom. The highest BCUT2D eigenvalue weighted by Gasteiger charge is 1.81. The lowest BCUT2D eigenvalue weighted by atomic mass is 10.5. The molecule has 2 nitrogen and oxygen atoms in total. The topological polar surface area (TPSA) is 28.1 Å². The summed E-state index contributed by atoms with van der Waals surface area (Å²) in [6.45, 7) is 5.14. The van der Waals surface area contributed by atoms with Crippen LogP contribution < -0.4 is 0 Å².